The molecular weight excluding hydrogens is 384 g/mol. The highest BCUT2D eigenvalue weighted by Gasteiger charge is 2.28. The van der Waals surface area contributed by atoms with Crippen LogP contribution in [0.4, 0.5) is 5.69 Å². The molecule has 2 aliphatic heterocycles. The van der Waals surface area contributed by atoms with Crippen LogP contribution in [0.1, 0.15) is 36.6 Å². The van der Waals surface area contributed by atoms with Crippen molar-refractivity contribution in [2.75, 3.05) is 25.0 Å². The molecule has 0 saturated carbocycles. The Bertz CT molecular complexity index is 1100. The Morgan fingerprint density at radius 2 is 1.97 bits per heavy atom. The molecule has 3 heterocycles. The molecule has 2 aliphatic rings. The van der Waals surface area contributed by atoms with Crippen LogP contribution in [0.2, 0.25) is 0 Å². The second-order valence-electron chi connectivity index (χ2n) is 8.91. The Hall–Kier alpha value is -2.76. The number of piperidine rings is 1. The third-order valence-electron chi connectivity index (χ3n) is 6.61. The Morgan fingerprint density at radius 1 is 1.10 bits per heavy atom. The minimum atomic E-state index is -0.0548. The molecule has 0 spiro atoms. The normalized spacial score (nSPS) is 19.8. The van der Waals surface area contributed by atoms with Crippen molar-refractivity contribution in [3.8, 4) is 0 Å². The molecule has 1 saturated heterocycles. The van der Waals surface area contributed by atoms with Gasteiger partial charge in [0.2, 0.25) is 5.91 Å². The van der Waals surface area contributed by atoms with Crippen LogP contribution in [0.5, 0.6) is 0 Å². The van der Waals surface area contributed by atoms with Gasteiger partial charge in [0.25, 0.3) is 0 Å². The number of fused-ring (bicyclic) bond motifs is 2. The van der Waals surface area contributed by atoms with Gasteiger partial charge in [-0.3, -0.25) is 19.6 Å². The van der Waals surface area contributed by atoms with Crippen molar-refractivity contribution >= 4 is 22.5 Å². The van der Waals surface area contributed by atoms with Crippen molar-refractivity contribution in [2.45, 2.75) is 45.3 Å². The van der Waals surface area contributed by atoms with E-state index in [0.29, 0.717) is 6.04 Å². The quantitative estimate of drug-likeness (QED) is 0.695. The van der Waals surface area contributed by atoms with Gasteiger partial charge in [-0.2, -0.15) is 0 Å². The number of hydrogen-bond acceptors (Lipinski definition) is 4. The fraction of sp³-hybridized carbons (Fsp3) is 0.385. The van der Waals surface area contributed by atoms with Gasteiger partial charge in [-0.05, 0) is 61.2 Å². The Labute approximate surface area is 184 Å². The Balaban J connectivity index is 1.25. The number of anilines is 1. The summed E-state index contributed by atoms with van der Waals surface area (Å²) in [6.45, 7) is 6.93. The predicted molar refractivity (Wildman–Crippen MR) is 125 cm³/mol. The van der Waals surface area contributed by atoms with E-state index in [1.165, 1.54) is 43.9 Å². The topological polar surface area (TPSA) is 48.5 Å². The average molecular weight is 415 g/mol. The maximum atomic E-state index is 11.3. The zero-order valence-electron chi connectivity index (χ0n) is 18.2. The van der Waals surface area contributed by atoms with E-state index in [2.05, 4.69) is 51.5 Å². The third kappa shape index (κ3) is 4.63. The van der Waals surface area contributed by atoms with Crippen molar-refractivity contribution in [3.63, 3.8) is 0 Å². The van der Waals surface area contributed by atoms with Gasteiger partial charge in [-0.15, -0.1) is 0 Å². The summed E-state index contributed by atoms with van der Waals surface area (Å²) in [5, 5.41) is 3.89. The molecule has 0 radical (unpaired) electrons. The first-order chi connectivity index (χ1) is 15.1. The summed E-state index contributed by atoms with van der Waals surface area (Å²) in [7, 11) is 0. The minimum absolute atomic E-state index is 0.0548. The van der Waals surface area contributed by atoms with Crippen LogP contribution < -0.4 is 5.32 Å². The van der Waals surface area contributed by atoms with Crippen LogP contribution in [0.25, 0.3) is 10.9 Å². The molecule has 3 aromatic rings. The zero-order chi connectivity index (χ0) is 21.2. The molecule has 1 unspecified atom stereocenters. The minimum Gasteiger partial charge on any atom is -0.326 e. The van der Waals surface area contributed by atoms with E-state index in [1.54, 1.807) is 0 Å². The number of nitrogens with one attached hydrogen (secondary N) is 1. The van der Waals surface area contributed by atoms with Gasteiger partial charge in [0.1, 0.15) is 0 Å². The largest absolute Gasteiger partial charge is 0.326 e. The highest BCUT2D eigenvalue weighted by atomic mass is 16.1. The molecule has 160 valence electrons. The summed E-state index contributed by atoms with van der Waals surface area (Å²) in [4.78, 5) is 21.4. The predicted octanol–water partition coefficient (Wildman–Crippen LogP) is 4.22. The van der Waals surface area contributed by atoms with Gasteiger partial charge >= 0.3 is 0 Å². The molecule has 5 heteroatoms. The van der Waals surface area contributed by atoms with Crippen molar-refractivity contribution in [1.29, 1.82) is 0 Å². The van der Waals surface area contributed by atoms with Crippen LogP contribution in [0, 0.1) is 0 Å². The standard InChI is InChI=1S/C26H30N4O/c1-19(31)27-23-10-11-26-21(15-23)8-9-24(28-26)17-29-13-4-7-25(18-29)30-14-12-20-5-2-3-6-22(20)16-30/h2-3,5-6,8-11,15,25H,4,7,12-14,16-18H2,1H3,(H,27,31). The second kappa shape index (κ2) is 8.77. The number of likely N-dealkylation sites (tertiary alicyclic amines) is 1. The smallest absolute Gasteiger partial charge is 0.221 e. The first-order valence-corrected chi connectivity index (χ1v) is 11.3. The first-order valence-electron chi connectivity index (χ1n) is 11.3. The molecule has 5 rings (SSSR count). The number of carbonyl (C=O) groups is 1. The molecule has 1 amide bonds. The van der Waals surface area contributed by atoms with Gasteiger partial charge in [-0.25, -0.2) is 0 Å². The molecule has 0 aliphatic carbocycles. The number of amides is 1. The fourth-order valence-corrected chi connectivity index (χ4v) is 5.07. The van der Waals surface area contributed by atoms with Crippen molar-refractivity contribution in [2.24, 2.45) is 0 Å². The number of pyridine rings is 1. The number of hydrogen-bond donors (Lipinski definition) is 1. The van der Waals surface area contributed by atoms with E-state index < -0.39 is 0 Å². The van der Waals surface area contributed by atoms with Crippen molar-refractivity contribution in [1.82, 2.24) is 14.8 Å². The summed E-state index contributed by atoms with van der Waals surface area (Å²) in [5.41, 5.74) is 5.93. The number of nitrogens with zero attached hydrogens (tertiary/aromatic N) is 3. The molecule has 1 atom stereocenters. The number of benzene rings is 2. The lowest BCUT2D eigenvalue weighted by Gasteiger charge is -2.41. The maximum absolute atomic E-state index is 11.3. The number of aromatic nitrogens is 1. The summed E-state index contributed by atoms with van der Waals surface area (Å²) in [6, 6.07) is 19.7. The molecule has 1 aromatic heterocycles. The molecule has 0 bridgehead atoms. The summed E-state index contributed by atoms with van der Waals surface area (Å²) < 4.78 is 0. The Kier molecular flexibility index (Phi) is 5.70. The Morgan fingerprint density at radius 3 is 2.84 bits per heavy atom. The first kappa shape index (κ1) is 20.2. The van der Waals surface area contributed by atoms with Crippen LogP contribution in [0.3, 0.4) is 0 Å². The van der Waals surface area contributed by atoms with Crippen LogP contribution in [-0.4, -0.2) is 46.4 Å². The molecule has 2 aromatic carbocycles. The van der Waals surface area contributed by atoms with E-state index in [1.807, 2.05) is 18.2 Å². The SMILES string of the molecule is CC(=O)Nc1ccc2nc(CN3CCCC(N4CCc5ccccc5C4)C3)ccc2c1. The van der Waals surface area contributed by atoms with E-state index in [0.717, 1.165) is 48.5 Å². The highest BCUT2D eigenvalue weighted by molar-refractivity contribution is 5.92. The van der Waals surface area contributed by atoms with Crippen LogP contribution in [-0.2, 0) is 24.3 Å². The lowest BCUT2D eigenvalue weighted by Crippen LogP contribution is -2.49. The lowest BCUT2D eigenvalue weighted by molar-refractivity contribution is -0.114. The summed E-state index contributed by atoms with van der Waals surface area (Å²) in [6.07, 6.45) is 3.70. The van der Waals surface area contributed by atoms with E-state index in [9.17, 15) is 4.79 Å². The van der Waals surface area contributed by atoms with Crippen LogP contribution in [0.15, 0.2) is 54.6 Å². The second-order valence-corrected chi connectivity index (χ2v) is 8.91. The summed E-state index contributed by atoms with van der Waals surface area (Å²) >= 11 is 0. The van der Waals surface area contributed by atoms with Gasteiger partial charge in [0.15, 0.2) is 0 Å². The maximum Gasteiger partial charge on any atom is 0.221 e. The van der Waals surface area contributed by atoms with Gasteiger partial charge in [0, 0.05) is 50.2 Å². The third-order valence-corrected chi connectivity index (χ3v) is 6.61. The molecule has 5 nitrogen and oxygen atoms in total. The lowest BCUT2D eigenvalue weighted by atomic mass is 9.96. The van der Waals surface area contributed by atoms with E-state index in [4.69, 9.17) is 4.98 Å². The van der Waals surface area contributed by atoms with Crippen molar-refractivity contribution < 1.29 is 4.79 Å². The molecule has 31 heavy (non-hydrogen) atoms. The van der Waals surface area contributed by atoms with E-state index in [-0.39, 0.29) is 5.91 Å². The molecular formula is C26H30N4O. The van der Waals surface area contributed by atoms with Crippen LogP contribution >= 0.6 is 0 Å². The number of carbonyl (C=O) groups excluding carboxylic acids is 1. The highest BCUT2D eigenvalue weighted by Crippen LogP contribution is 2.25. The molecule has 1 N–H and O–H groups in total. The molecule has 1 fully saturated rings. The van der Waals surface area contributed by atoms with Crippen molar-refractivity contribution in [3.05, 3.63) is 71.4 Å². The van der Waals surface area contributed by atoms with Gasteiger partial charge in [-0.1, -0.05) is 30.3 Å². The van der Waals surface area contributed by atoms with Gasteiger partial charge < -0.3 is 5.32 Å². The monoisotopic (exact) mass is 414 g/mol. The zero-order valence-corrected chi connectivity index (χ0v) is 18.2. The van der Waals surface area contributed by atoms with E-state index >= 15 is 0 Å². The average Bonchev–Trinajstić information content (AvgIpc) is 2.78. The van der Waals surface area contributed by atoms with Gasteiger partial charge in [0.05, 0.1) is 11.2 Å². The number of rotatable bonds is 4. The fourth-order valence-electron chi connectivity index (χ4n) is 5.07. The summed E-state index contributed by atoms with van der Waals surface area (Å²) in [5.74, 6) is -0.0548.